The smallest absolute Gasteiger partial charge is 0.125 e. The molecule has 1 unspecified atom stereocenters. The number of pyridine rings is 1. The Hall–Kier alpha value is -1.09. The third kappa shape index (κ3) is 2.69. The van der Waals surface area contributed by atoms with Crippen LogP contribution in [0.4, 0.5) is 5.82 Å². The van der Waals surface area contributed by atoms with Gasteiger partial charge < -0.3 is 5.32 Å². The highest BCUT2D eigenvalue weighted by Crippen LogP contribution is 2.18. The van der Waals surface area contributed by atoms with Crippen LogP contribution >= 0.6 is 0 Å². The maximum Gasteiger partial charge on any atom is 0.125 e. The lowest BCUT2D eigenvalue weighted by molar-refractivity contribution is 0.320. The van der Waals surface area contributed by atoms with Crippen LogP contribution in [0.5, 0.6) is 0 Å². The standard InChI is InChI=1S/C12H19N3/c1-10-4-6-15(8-10)9-11-3-5-14-12(7-11)13-2/h3,5,7,10H,4,6,8-9H2,1-2H3,(H,13,14). The van der Waals surface area contributed by atoms with Crippen molar-refractivity contribution in [3.63, 3.8) is 0 Å². The van der Waals surface area contributed by atoms with Gasteiger partial charge in [-0.05, 0) is 36.6 Å². The zero-order chi connectivity index (χ0) is 10.7. The van der Waals surface area contributed by atoms with E-state index in [9.17, 15) is 0 Å². The fraction of sp³-hybridized carbons (Fsp3) is 0.583. The molecule has 1 fully saturated rings. The molecule has 0 bridgehead atoms. The molecule has 0 radical (unpaired) electrons. The largest absolute Gasteiger partial charge is 0.373 e. The fourth-order valence-corrected chi connectivity index (χ4v) is 2.14. The Labute approximate surface area is 91.5 Å². The zero-order valence-electron chi connectivity index (χ0n) is 9.53. The molecule has 1 aliphatic rings. The normalized spacial score (nSPS) is 21.9. The van der Waals surface area contributed by atoms with Crippen LogP contribution in [0.15, 0.2) is 18.3 Å². The summed E-state index contributed by atoms with van der Waals surface area (Å²) in [6.07, 6.45) is 3.21. The van der Waals surface area contributed by atoms with Crippen LogP contribution in [0, 0.1) is 5.92 Å². The summed E-state index contributed by atoms with van der Waals surface area (Å²) >= 11 is 0. The van der Waals surface area contributed by atoms with Gasteiger partial charge in [-0.3, -0.25) is 4.90 Å². The van der Waals surface area contributed by atoms with Gasteiger partial charge in [-0.2, -0.15) is 0 Å². The summed E-state index contributed by atoms with van der Waals surface area (Å²) in [5, 5.41) is 3.07. The number of aromatic nitrogens is 1. The third-order valence-electron chi connectivity index (χ3n) is 2.99. The first kappa shape index (κ1) is 10.4. The average molecular weight is 205 g/mol. The minimum atomic E-state index is 0.857. The molecule has 1 aromatic heterocycles. The number of nitrogens with one attached hydrogen (secondary N) is 1. The van der Waals surface area contributed by atoms with Crippen molar-refractivity contribution in [2.75, 3.05) is 25.5 Å². The van der Waals surface area contributed by atoms with Crippen LogP contribution < -0.4 is 5.32 Å². The highest BCUT2D eigenvalue weighted by atomic mass is 15.1. The van der Waals surface area contributed by atoms with Crippen molar-refractivity contribution in [1.29, 1.82) is 0 Å². The Morgan fingerprint density at radius 2 is 2.47 bits per heavy atom. The number of likely N-dealkylation sites (tertiary alicyclic amines) is 1. The summed E-state index contributed by atoms with van der Waals surface area (Å²) in [7, 11) is 1.91. The number of rotatable bonds is 3. The molecule has 0 aromatic carbocycles. The molecule has 3 heteroatoms. The minimum absolute atomic E-state index is 0.857. The Bertz CT molecular complexity index is 324. The number of hydrogen-bond donors (Lipinski definition) is 1. The predicted molar refractivity (Wildman–Crippen MR) is 62.8 cm³/mol. The third-order valence-corrected chi connectivity index (χ3v) is 2.99. The van der Waals surface area contributed by atoms with Crippen LogP contribution in [-0.2, 0) is 6.54 Å². The van der Waals surface area contributed by atoms with Crippen molar-refractivity contribution in [2.45, 2.75) is 19.9 Å². The molecular formula is C12H19N3. The van der Waals surface area contributed by atoms with Gasteiger partial charge in [0.15, 0.2) is 0 Å². The van der Waals surface area contributed by atoms with E-state index in [2.05, 4.69) is 34.3 Å². The van der Waals surface area contributed by atoms with E-state index >= 15 is 0 Å². The lowest BCUT2D eigenvalue weighted by Gasteiger charge is -2.15. The molecular weight excluding hydrogens is 186 g/mol. The molecule has 1 aromatic rings. The molecule has 0 aliphatic carbocycles. The molecule has 2 heterocycles. The lowest BCUT2D eigenvalue weighted by Crippen LogP contribution is -2.19. The molecule has 1 aliphatic heterocycles. The minimum Gasteiger partial charge on any atom is -0.373 e. The Morgan fingerprint density at radius 1 is 1.60 bits per heavy atom. The summed E-state index contributed by atoms with van der Waals surface area (Å²) < 4.78 is 0. The Morgan fingerprint density at radius 3 is 3.13 bits per heavy atom. The van der Waals surface area contributed by atoms with Gasteiger partial charge in [0, 0.05) is 26.3 Å². The lowest BCUT2D eigenvalue weighted by atomic mass is 10.2. The predicted octanol–water partition coefficient (Wildman–Crippen LogP) is 1.97. The van der Waals surface area contributed by atoms with Gasteiger partial charge in [0.2, 0.25) is 0 Å². The second-order valence-electron chi connectivity index (χ2n) is 4.43. The molecule has 1 saturated heterocycles. The number of hydrogen-bond acceptors (Lipinski definition) is 3. The van der Waals surface area contributed by atoms with Gasteiger partial charge in [0.25, 0.3) is 0 Å². The highest BCUT2D eigenvalue weighted by Gasteiger charge is 2.18. The first-order valence-corrected chi connectivity index (χ1v) is 5.63. The van der Waals surface area contributed by atoms with Crippen molar-refractivity contribution in [3.05, 3.63) is 23.9 Å². The molecule has 15 heavy (non-hydrogen) atoms. The molecule has 0 amide bonds. The van der Waals surface area contributed by atoms with Crippen LogP contribution in [0.3, 0.4) is 0 Å². The molecule has 0 saturated carbocycles. The highest BCUT2D eigenvalue weighted by molar-refractivity contribution is 5.36. The van der Waals surface area contributed by atoms with Crippen molar-refractivity contribution in [2.24, 2.45) is 5.92 Å². The molecule has 1 N–H and O–H groups in total. The number of nitrogens with zero attached hydrogens (tertiary/aromatic N) is 2. The van der Waals surface area contributed by atoms with E-state index in [1.807, 2.05) is 13.2 Å². The quantitative estimate of drug-likeness (QED) is 0.817. The Balaban J connectivity index is 1.98. The molecule has 3 nitrogen and oxygen atoms in total. The van der Waals surface area contributed by atoms with E-state index in [0.717, 1.165) is 18.3 Å². The summed E-state index contributed by atoms with van der Waals surface area (Å²) in [5.41, 5.74) is 1.35. The van der Waals surface area contributed by atoms with Crippen LogP contribution in [0.2, 0.25) is 0 Å². The maximum absolute atomic E-state index is 4.22. The Kier molecular flexibility index (Phi) is 3.21. The molecule has 2 rings (SSSR count). The van der Waals surface area contributed by atoms with E-state index in [4.69, 9.17) is 0 Å². The summed E-state index contributed by atoms with van der Waals surface area (Å²) in [4.78, 5) is 6.73. The van der Waals surface area contributed by atoms with E-state index < -0.39 is 0 Å². The van der Waals surface area contributed by atoms with E-state index in [1.54, 1.807) is 0 Å². The second kappa shape index (κ2) is 4.62. The van der Waals surface area contributed by atoms with Crippen molar-refractivity contribution in [3.8, 4) is 0 Å². The molecule has 1 atom stereocenters. The van der Waals surface area contributed by atoms with Gasteiger partial charge in [0.05, 0.1) is 0 Å². The van der Waals surface area contributed by atoms with E-state index in [-0.39, 0.29) is 0 Å². The van der Waals surface area contributed by atoms with Crippen LogP contribution in [-0.4, -0.2) is 30.0 Å². The summed E-state index contributed by atoms with van der Waals surface area (Å²) in [6.45, 7) is 5.85. The topological polar surface area (TPSA) is 28.2 Å². The molecule has 82 valence electrons. The molecule has 0 spiro atoms. The second-order valence-corrected chi connectivity index (χ2v) is 4.43. The van der Waals surface area contributed by atoms with Crippen LogP contribution in [0.1, 0.15) is 18.9 Å². The maximum atomic E-state index is 4.22. The van der Waals surface area contributed by atoms with E-state index in [0.29, 0.717) is 0 Å². The monoisotopic (exact) mass is 205 g/mol. The summed E-state index contributed by atoms with van der Waals surface area (Å²) in [5.74, 6) is 1.82. The fourth-order valence-electron chi connectivity index (χ4n) is 2.14. The van der Waals surface area contributed by atoms with Crippen molar-refractivity contribution < 1.29 is 0 Å². The van der Waals surface area contributed by atoms with Gasteiger partial charge in [-0.25, -0.2) is 4.98 Å². The first-order valence-electron chi connectivity index (χ1n) is 5.63. The average Bonchev–Trinajstić information content (AvgIpc) is 2.64. The SMILES string of the molecule is CNc1cc(CN2CCC(C)C2)ccn1. The van der Waals surface area contributed by atoms with Gasteiger partial charge in [-0.1, -0.05) is 6.92 Å². The summed E-state index contributed by atoms with van der Waals surface area (Å²) in [6, 6.07) is 4.23. The van der Waals surface area contributed by atoms with E-state index in [1.165, 1.54) is 25.1 Å². The zero-order valence-corrected chi connectivity index (χ0v) is 9.53. The van der Waals surface area contributed by atoms with Gasteiger partial charge in [-0.15, -0.1) is 0 Å². The van der Waals surface area contributed by atoms with Gasteiger partial charge in [0.1, 0.15) is 5.82 Å². The van der Waals surface area contributed by atoms with Crippen LogP contribution in [0.25, 0.3) is 0 Å². The first-order chi connectivity index (χ1) is 7.28. The van der Waals surface area contributed by atoms with Gasteiger partial charge >= 0.3 is 0 Å². The van der Waals surface area contributed by atoms with Crippen molar-refractivity contribution >= 4 is 5.82 Å². The van der Waals surface area contributed by atoms with Crippen molar-refractivity contribution in [1.82, 2.24) is 9.88 Å². The number of anilines is 1.